The first-order chi connectivity index (χ1) is 10.1. The largest absolute Gasteiger partial charge is 0.511 e. The van der Waals surface area contributed by atoms with Crippen molar-refractivity contribution in [1.82, 2.24) is 0 Å². The van der Waals surface area contributed by atoms with Crippen molar-refractivity contribution in [3.05, 3.63) is 46.7 Å². The number of carbonyl (C=O) groups excluding carboxylic acids is 1. The van der Waals surface area contributed by atoms with E-state index in [0.717, 1.165) is 36.8 Å². The van der Waals surface area contributed by atoms with Gasteiger partial charge in [0.1, 0.15) is 11.9 Å². The number of carbonyl (C=O) groups is 1. The highest BCUT2D eigenvalue weighted by molar-refractivity contribution is 5.91. The van der Waals surface area contributed by atoms with Gasteiger partial charge in [-0.15, -0.1) is 0 Å². The summed E-state index contributed by atoms with van der Waals surface area (Å²) < 4.78 is 5.59. The zero-order chi connectivity index (χ0) is 15.0. The van der Waals surface area contributed by atoms with Crippen LogP contribution in [-0.4, -0.2) is 17.2 Å². The summed E-state index contributed by atoms with van der Waals surface area (Å²) in [5.41, 5.74) is 2.64. The summed E-state index contributed by atoms with van der Waals surface area (Å²) in [7, 11) is 0. The van der Waals surface area contributed by atoms with Crippen LogP contribution in [0.2, 0.25) is 0 Å². The molecule has 0 saturated heterocycles. The Morgan fingerprint density at radius 2 is 2.05 bits per heavy atom. The fraction of sp³-hybridized carbons (Fsp3) is 0.500. The first-order valence-electron chi connectivity index (χ1n) is 7.78. The zero-order valence-corrected chi connectivity index (χ0v) is 12.6. The van der Waals surface area contributed by atoms with Crippen molar-refractivity contribution in [3.63, 3.8) is 0 Å². The number of aliphatic hydroxyl groups excluding tert-OH is 1. The fourth-order valence-electron chi connectivity index (χ4n) is 3.56. The molecule has 0 amide bonds. The third kappa shape index (κ3) is 2.57. The molecular weight excluding hydrogens is 264 g/mol. The monoisotopic (exact) mass is 286 g/mol. The van der Waals surface area contributed by atoms with Crippen molar-refractivity contribution >= 4 is 5.97 Å². The lowest BCUT2D eigenvalue weighted by molar-refractivity contribution is -0.152. The van der Waals surface area contributed by atoms with Gasteiger partial charge in [-0.05, 0) is 31.7 Å². The average molecular weight is 286 g/mol. The van der Waals surface area contributed by atoms with E-state index < -0.39 is 0 Å². The van der Waals surface area contributed by atoms with Gasteiger partial charge in [0, 0.05) is 5.92 Å². The number of aryl methyl sites for hydroxylation is 1. The normalized spacial score (nSPS) is 27.0. The van der Waals surface area contributed by atoms with Gasteiger partial charge in [0.2, 0.25) is 0 Å². The number of benzene rings is 1. The Kier molecular flexibility index (Phi) is 3.75. The lowest BCUT2D eigenvalue weighted by Gasteiger charge is -2.36. The van der Waals surface area contributed by atoms with Crippen LogP contribution in [0.3, 0.4) is 0 Å². The number of rotatable bonds is 2. The number of ether oxygens (including phenoxy) is 1. The first kappa shape index (κ1) is 14.2. The molecule has 1 aliphatic carbocycles. The maximum absolute atomic E-state index is 12.3. The van der Waals surface area contributed by atoms with E-state index in [1.807, 2.05) is 32.0 Å². The number of esters is 1. The highest BCUT2D eigenvalue weighted by Gasteiger charge is 2.41. The SMILES string of the molecule is Cc1cccc(C(C)C2=C(O)C3CCCCC3OC2=O)c1. The van der Waals surface area contributed by atoms with Gasteiger partial charge in [-0.3, -0.25) is 0 Å². The molecule has 21 heavy (non-hydrogen) atoms. The summed E-state index contributed by atoms with van der Waals surface area (Å²) in [6, 6.07) is 8.07. The van der Waals surface area contributed by atoms with Gasteiger partial charge in [-0.1, -0.05) is 43.2 Å². The Balaban J connectivity index is 1.97. The molecule has 112 valence electrons. The van der Waals surface area contributed by atoms with Crippen LogP contribution in [0.25, 0.3) is 0 Å². The van der Waals surface area contributed by atoms with E-state index in [2.05, 4.69) is 6.07 Å². The van der Waals surface area contributed by atoms with Crippen molar-refractivity contribution in [2.75, 3.05) is 0 Å². The smallest absolute Gasteiger partial charge is 0.338 e. The summed E-state index contributed by atoms with van der Waals surface area (Å²) in [6.45, 7) is 3.99. The Morgan fingerprint density at radius 1 is 1.29 bits per heavy atom. The maximum atomic E-state index is 12.3. The molecule has 3 atom stereocenters. The van der Waals surface area contributed by atoms with E-state index in [-0.39, 0.29) is 29.7 Å². The minimum Gasteiger partial charge on any atom is -0.511 e. The van der Waals surface area contributed by atoms with Crippen LogP contribution in [0.4, 0.5) is 0 Å². The van der Waals surface area contributed by atoms with Gasteiger partial charge in [-0.2, -0.15) is 0 Å². The topological polar surface area (TPSA) is 46.5 Å². The molecule has 1 aliphatic heterocycles. The van der Waals surface area contributed by atoms with Crippen LogP contribution in [-0.2, 0) is 9.53 Å². The van der Waals surface area contributed by atoms with Crippen LogP contribution in [0, 0.1) is 12.8 Å². The molecule has 1 aromatic rings. The van der Waals surface area contributed by atoms with Crippen LogP contribution in [0.5, 0.6) is 0 Å². The molecule has 3 nitrogen and oxygen atoms in total. The van der Waals surface area contributed by atoms with E-state index in [1.165, 1.54) is 0 Å². The van der Waals surface area contributed by atoms with Crippen LogP contribution < -0.4 is 0 Å². The third-order valence-electron chi connectivity index (χ3n) is 4.78. The molecule has 0 aromatic heterocycles. The van der Waals surface area contributed by atoms with Gasteiger partial charge >= 0.3 is 5.97 Å². The van der Waals surface area contributed by atoms with E-state index in [1.54, 1.807) is 0 Å². The molecule has 1 heterocycles. The van der Waals surface area contributed by atoms with Crippen molar-refractivity contribution in [2.45, 2.75) is 51.6 Å². The molecule has 1 fully saturated rings. The van der Waals surface area contributed by atoms with Gasteiger partial charge in [0.15, 0.2) is 0 Å². The molecule has 3 rings (SSSR count). The van der Waals surface area contributed by atoms with Crippen molar-refractivity contribution < 1.29 is 14.6 Å². The standard InChI is InChI=1S/C18H22O3/c1-11-6-5-7-13(10-11)12(2)16-17(19)14-8-3-4-9-15(14)21-18(16)20/h5-7,10,12,14-15,19H,3-4,8-9H2,1-2H3. The Labute approximate surface area is 125 Å². The van der Waals surface area contributed by atoms with Crippen molar-refractivity contribution in [3.8, 4) is 0 Å². The summed E-state index contributed by atoms with van der Waals surface area (Å²) in [5.74, 6) is -0.214. The second-order valence-electron chi connectivity index (χ2n) is 6.27. The molecule has 0 spiro atoms. The summed E-state index contributed by atoms with van der Waals surface area (Å²) in [5, 5.41) is 10.6. The van der Waals surface area contributed by atoms with E-state index in [0.29, 0.717) is 5.57 Å². The fourth-order valence-corrected chi connectivity index (χ4v) is 3.56. The molecule has 1 saturated carbocycles. The van der Waals surface area contributed by atoms with E-state index in [9.17, 15) is 9.90 Å². The highest BCUT2D eigenvalue weighted by atomic mass is 16.5. The average Bonchev–Trinajstić information content (AvgIpc) is 2.47. The third-order valence-corrected chi connectivity index (χ3v) is 4.78. The second kappa shape index (κ2) is 5.55. The quantitative estimate of drug-likeness (QED) is 0.835. The predicted octanol–water partition coefficient (Wildman–Crippen LogP) is 4.03. The first-order valence-corrected chi connectivity index (χ1v) is 7.78. The highest BCUT2D eigenvalue weighted by Crippen LogP contribution is 2.40. The van der Waals surface area contributed by atoms with Gasteiger partial charge in [-0.25, -0.2) is 4.79 Å². The lowest BCUT2D eigenvalue weighted by Crippen LogP contribution is -2.38. The van der Waals surface area contributed by atoms with Gasteiger partial charge in [0.05, 0.1) is 11.5 Å². The van der Waals surface area contributed by atoms with Gasteiger partial charge in [0.25, 0.3) is 0 Å². The molecule has 0 bridgehead atoms. The number of hydrogen-bond donors (Lipinski definition) is 1. The molecule has 1 N–H and O–H groups in total. The molecule has 3 unspecified atom stereocenters. The molecule has 3 heteroatoms. The summed E-state index contributed by atoms with van der Waals surface area (Å²) >= 11 is 0. The summed E-state index contributed by atoms with van der Waals surface area (Å²) in [4.78, 5) is 12.3. The van der Waals surface area contributed by atoms with Gasteiger partial charge < -0.3 is 9.84 Å². The Morgan fingerprint density at radius 3 is 2.81 bits per heavy atom. The zero-order valence-electron chi connectivity index (χ0n) is 12.6. The van der Waals surface area contributed by atoms with E-state index in [4.69, 9.17) is 4.74 Å². The van der Waals surface area contributed by atoms with Crippen molar-refractivity contribution in [2.24, 2.45) is 5.92 Å². The van der Waals surface area contributed by atoms with Crippen LogP contribution in [0.15, 0.2) is 35.6 Å². The maximum Gasteiger partial charge on any atom is 0.338 e. The molecule has 2 aliphatic rings. The Hall–Kier alpha value is -1.77. The number of fused-ring (bicyclic) bond motifs is 1. The number of aliphatic hydroxyl groups is 1. The van der Waals surface area contributed by atoms with Crippen LogP contribution >= 0.6 is 0 Å². The van der Waals surface area contributed by atoms with E-state index >= 15 is 0 Å². The minimum atomic E-state index is -0.343. The van der Waals surface area contributed by atoms with Crippen molar-refractivity contribution in [1.29, 1.82) is 0 Å². The predicted molar refractivity (Wildman–Crippen MR) is 81.1 cm³/mol. The molecular formula is C18H22O3. The van der Waals surface area contributed by atoms with Crippen LogP contribution in [0.1, 0.15) is 49.7 Å². The molecule has 1 aromatic carbocycles. The molecule has 0 radical (unpaired) electrons. The Bertz CT molecular complexity index is 588. The minimum absolute atomic E-state index is 0.00120. The second-order valence-corrected chi connectivity index (χ2v) is 6.27. The number of hydrogen-bond acceptors (Lipinski definition) is 3. The summed E-state index contributed by atoms with van der Waals surface area (Å²) in [6.07, 6.45) is 3.82. The lowest BCUT2D eigenvalue weighted by atomic mass is 9.79.